The molecule has 0 rings (SSSR count). The second-order valence-corrected chi connectivity index (χ2v) is 6.79. The molecular formula is C18H33N. The molecule has 0 bridgehead atoms. The zero-order valence-electron chi connectivity index (χ0n) is 14.2. The summed E-state index contributed by atoms with van der Waals surface area (Å²) < 4.78 is 0. The van der Waals surface area contributed by atoms with Crippen LogP contribution in [-0.4, -0.2) is 12.6 Å². The van der Waals surface area contributed by atoms with E-state index in [1.165, 1.54) is 5.57 Å². The van der Waals surface area contributed by atoms with Crippen LogP contribution in [0.4, 0.5) is 0 Å². The Bertz CT molecular complexity index is 354. The molecule has 0 heterocycles. The number of hydrogen-bond donors (Lipinski definition) is 1. The standard InChI is InChI=1S/C18H33N/c1-10-12-14-15(13-11-2)16(3,4)17(5,6)18(7,8)19-9/h10,12-14,19H,1,11H2,2-9H3/b14-12-,15-13+. The lowest BCUT2D eigenvalue weighted by molar-refractivity contribution is 0.0469. The summed E-state index contributed by atoms with van der Waals surface area (Å²) in [6.07, 6.45) is 9.45. The van der Waals surface area contributed by atoms with Crippen LogP contribution in [0.1, 0.15) is 54.9 Å². The zero-order chi connectivity index (χ0) is 15.3. The molecule has 110 valence electrons. The maximum absolute atomic E-state index is 3.78. The Balaban J connectivity index is 5.72. The summed E-state index contributed by atoms with van der Waals surface area (Å²) in [6, 6.07) is 0. The molecule has 0 saturated carbocycles. The van der Waals surface area contributed by atoms with Gasteiger partial charge < -0.3 is 5.32 Å². The minimum Gasteiger partial charge on any atom is -0.314 e. The summed E-state index contributed by atoms with van der Waals surface area (Å²) in [4.78, 5) is 0. The van der Waals surface area contributed by atoms with Crippen LogP contribution in [0.15, 0.2) is 36.5 Å². The number of nitrogens with one attached hydrogen (secondary N) is 1. The molecule has 1 nitrogen and oxygen atoms in total. The molecule has 0 aliphatic heterocycles. The van der Waals surface area contributed by atoms with E-state index in [1.807, 2.05) is 19.2 Å². The number of hydrogen-bond acceptors (Lipinski definition) is 1. The second-order valence-electron chi connectivity index (χ2n) is 6.79. The van der Waals surface area contributed by atoms with E-state index in [2.05, 4.69) is 72.5 Å². The summed E-state index contributed by atoms with van der Waals surface area (Å²) >= 11 is 0. The van der Waals surface area contributed by atoms with Crippen molar-refractivity contribution in [3.63, 3.8) is 0 Å². The Morgan fingerprint density at radius 3 is 2.00 bits per heavy atom. The van der Waals surface area contributed by atoms with Crippen molar-refractivity contribution >= 4 is 0 Å². The molecule has 1 heteroatoms. The zero-order valence-corrected chi connectivity index (χ0v) is 14.2. The van der Waals surface area contributed by atoms with E-state index in [-0.39, 0.29) is 16.4 Å². The summed E-state index contributed by atoms with van der Waals surface area (Å²) in [5, 5.41) is 3.47. The molecule has 19 heavy (non-hydrogen) atoms. The van der Waals surface area contributed by atoms with Crippen molar-refractivity contribution in [2.75, 3.05) is 7.05 Å². The van der Waals surface area contributed by atoms with Crippen molar-refractivity contribution in [3.8, 4) is 0 Å². The third-order valence-corrected chi connectivity index (χ3v) is 5.31. The highest BCUT2D eigenvalue weighted by atomic mass is 15.0. The predicted octanol–water partition coefficient (Wildman–Crippen LogP) is 5.12. The molecule has 0 aliphatic carbocycles. The van der Waals surface area contributed by atoms with Crippen molar-refractivity contribution in [2.45, 2.75) is 60.4 Å². The van der Waals surface area contributed by atoms with Crippen LogP contribution in [0, 0.1) is 10.8 Å². The third-order valence-electron chi connectivity index (χ3n) is 5.31. The monoisotopic (exact) mass is 263 g/mol. The van der Waals surface area contributed by atoms with E-state index in [1.54, 1.807) is 0 Å². The van der Waals surface area contributed by atoms with E-state index in [4.69, 9.17) is 0 Å². The minimum atomic E-state index is 0.0470. The van der Waals surface area contributed by atoms with Gasteiger partial charge in [0, 0.05) is 5.54 Å². The first-order chi connectivity index (χ1) is 8.58. The topological polar surface area (TPSA) is 12.0 Å². The second kappa shape index (κ2) is 6.56. The van der Waals surface area contributed by atoms with Crippen LogP contribution in [0.5, 0.6) is 0 Å². The fourth-order valence-electron chi connectivity index (χ4n) is 2.38. The van der Waals surface area contributed by atoms with Crippen LogP contribution in [0.3, 0.4) is 0 Å². The smallest absolute Gasteiger partial charge is 0.0181 e. The van der Waals surface area contributed by atoms with Gasteiger partial charge in [0.1, 0.15) is 0 Å². The predicted molar refractivity (Wildman–Crippen MR) is 88.4 cm³/mol. The van der Waals surface area contributed by atoms with Crippen molar-refractivity contribution in [1.82, 2.24) is 5.32 Å². The summed E-state index contributed by atoms with van der Waals surface area (Å²) in [6.45, 7) is 19.9. The highest BCUT2D eigenvalue weighted by molar-refractivity contribution is 5.31. The maximum atomic E-state index is 3.78. The average Bonchev–Trinajstić information content (AvgIpc) is 2.33. The summed E-state index contributed by atoms with van der Waals surface area (Å²) in [7, 11) is 2.04. The van der Waals surface area contributed by atoms with E-state index in [0.717, 1.165) is 6.42 Å². The Morgan fingerprint density at radius 2 is 1.63 bits per heavy atom. The Morgan fingerprint density at radius 1 is 1.11 bits per heavy atom. The van der Waals surface area contributed by atoms with Gasteiger partial charge in [0.25, 0.3) is 0 Å². The first kappa shape index (κ1) is 18.2. The van der Waals surface area contributed by atoms with Crippen molar-refractivity contribution in [3.05, 3.63) is 36.5 Å². The lowest BCUT2D eigenvalue weighted by Crippen LogP contribution is -2.56. The summed E-state index contributed by atoms with van der Waals surface area (Å²) in [5.74, 6) is 0. The molecular weight excluding hydrogens is 230 g/mol. The van der Waals surface area contributed by atoms with Gasteiger partial charge in [-0.3, -0.25) is 0 Å². The normalized spacial score (nSPS) is 15.1. The van der Waals surface area contributed by atoms with Gasteiger partial charge in [0.05, 0.1) is 0 Å². The Kier molecular flexibility index (Phi) is 6.28. The minimum absolute atomic E-state index is 0.0470. The highest BCUT2D eigenvalue weighted by Crippen LogP contribution is 2.51. The highest BCUT2D eigenvalue weighted by Gasteiger charge is 2.48. The molecule has 0 aliphatic rings. The molecule has 0 aromatic carbocycles. The number of allylic oxidation sites excluding steroid dienone is 5. The molecule has 0 radical (unpaired) electrons. The van der Waals surface area contributed by atoms with Crippen molar-refractivity contribution in [1.29, 1.82) is 0 Å². The van der Waals surface area contributed by atoms with Crippen LogP contribution in [0.2, 0.25) is 0 Å². The van der Waals surface area contributed by atoms with Gasteiger partial charge in [-0.05, 0) is 43.7 Å². The van der Waals surface area contributed by atoms with Crippen LogP contribution < -0.4 is 5.32 Å². The first-order valence-electron chi connectivity index (χ1n) is 7.27. The van der Waals surface area contributed by atoms with Gasteiger partial charge in [-0.15, -0.1) is 0 Å². The quantitative estimate of drug-likeness (QED) is 0.629. The van der Waals surface area contributed by atoms with E-state index in [9.17, 15) is 0 Å². The lowest BCUT2D eigenvalue weighted by atomic mass is 9.55. The van der Waals surface area contributed by atoms with Gasteiger partial charge in [0.15, 0.2) is 0 Å². The van der Waals surface area contributed by atoms with Gasteiger partial charge in [0.2, 0.25) is 0 Å². The molecule has 0 aromatic rings. The Labute approximate surface area is 120 Å². The van der Waals surface area contributed by atoms with Crippen molar-refractivity contribution < 1.29 is 0 Å². The van der Waals surface area contributed by atoms with Gasteiger partial charge >= 0.3 is 0 Å². The summed E-state index contributed by atoms with van der Waals surface area (Å²) in [5.41, 5.74) is 1.59. The lowest BCUT2D eigenvalue weighted by Gasteiger charge is -2.53. The van der Waals surface area contributed by atoms with E-state index >= 15 is 0 Å². The molecule has 0 amide bonds. The largest absolute Gasteiger partial charge is 0.314 e. The fourth-order valence-corrected chi connectivity index (χ4v) is 2.38. The molecule has 0 spiro atoms. The van der Waals surface area contributed by atoms with Crippen LogP contribution >= 0.6 is 0 Å². The van der Waals surface area contributed by atoms with E-state index < -0.39 is 0 Å². The molecule has 0 atom stereocenters. The molecule has 1 N–H and O–H groups in total. The molecule has 0 saturated heterocycles. The SMILES string of the molecule is C=C/C=C\C(=C/CC)C(C)(C)C(C)(C)C(C)(C)NC. The van der Waals surface area contributed by atoms with Crippen LogP contribution in [0.25, 0.3) is 0 Å². The van der Waals surface area contributed by atoms with Gasteiger partial charge in [-0.25, -0.2) is 0 Å². The first-order valence-corrected chi connectivity index (χ1v) is 7.27. The number of rotatable bonds is 7. The average molecular weight is 263 g/mol. The van der Waals surface area contributed by atoms with E-state index in [0.29, 0.717) is 0 Å². The van der Waals surface area contributed by atoms with Gasteiger partial charge in [-0.1, -0.05) is 65.5 Å². The van der Waals surface area contributed by atoms with Crippen molar-refractivity contribution in [2.24, 2.45) is 10.8 Å². The molecule has 0 unspecified atom stereocenters. The maximum Gasteiger partial charge on any atom is 0.0181 e. The molecule has 0 fully saturated rings. The Hall–Kier alpha value is -0.820. The third kappa shape index (κ3) is 3.60. The molecule has 0 aromatic heterocycles. The fraction of sp³-hybridized carbons (Fsp3) is 0.667. The van der Waals surface area contributed by atoms with Gasteiger partial charge in [-0.2, -0.15) is 0 Å². The van der Waals surface area contributed by atoms with Crippen LogP contribution in [-0.2, 0) is 0 Å².